The van der Waals surface area contributed by atoms with Gasteiger partial charge in [0.2, 0.25) is 6.79 Å². The zero-order valence-electron chi connectivity index (χ0n) is 14.1. The van der Waals surface area contributed by atoms with E-state index >= 15 is 0 Å². The third-order valence-electron chi connectivity index (χ3n) is 4.00. The fraction of sp³-hybridized carbons (Fsp3) is 0.200. The lowest BCUT2D eigenvalue weighted by atomic mass is 10.1. The number of benzene rings is 2. The average Bonchev–Trinajstić information content (AvgIpc) is 3.07. The number of carbonyl (C=O) groups is 1. The molecule has 1 atom stereocenters. The molecule has 2 aromatic rings. The van der Waals surface area contributed by atoms with E-state index in [1.54, 1.807) is 24.3 Å². The van der Waals surface area contributed by atoms with Gasteiger partial charge in [0.25, 0.3) is 5.91 Å². The van der Waals surface area contributed by atoms with Gasteiger partial charge in [0.1, 0.15) is 11.6 Å². The van der Waals surface area contributed by atoms with Crippen molar-refractivity contribution in [1.82, 2.24) is 5.32 Å². The summed E-state index contributed by atoms with van der Waals surface area (Å²) in [6.07, 6.45) is 1.54. The summed E-state index contributed by atoms with van der Waals surface area (Å²) in [5, 5.41) is 12.2. The molecule has 1 aliphatic heterocycles. The maximum atomic E-state index is 12.4. The molecular formula is C20H18N2O3. The van der Waals surface area contributed by atoms with Gasteiger partial charge in [-0.05, 0) is 43.2 Å². The maximum absolute atomic E-state index is 12.4. The third-order valence-corrected chi connectivity index (χ3v) is 4.00. The van der Waals surface area contributed by atoms with Gasteiger partial charge in [-0.15, -0.1) is 0 Å². The molecule has 1 N–H and O–H groups in total. The van der Waals surface area contributed by atoms with E-state index in [0.29, 0.717) is 17.1 Å². The Morgan fingerprint density at radius 1 is 1.20 bits per heavy atom. The Kier molecular flexibility index (Phi) is 4.71. The van der Waals surface area contributed by atoms with E-state index in [1.807, 2.05) is 44.2 Å². The van der Waals surface area contributed by atoms with Crippen LogP contribution in [0, 0.1) is 18.3 Å². The zero-order chi connectivity index (χ0) is 17.8. The first-order valence-electron chi connectivity index (χ1n) is 7.95. The monoisotopic (exact) mass is 334 g/mol. The first-order chi connectivity index (χ1) is 12.1. The molecule has 0 aliphatic carbocycles. The predicted octanol–water partition coefficient (Wildman–Crippen LogP) is 3.51. The van der Waals surface area contributed by atoms with Crippen LogP contribution in [0.4, 0.5) is 0 Å². The Morgan fingerprint density at radius 3 is 2.64 bits per heavy atom. The fourth-order valence-corrected chi connectivity index (χ4v) is 2.53. The molecule has 1 amide bonds. The van der Waals surface area contributed by atoms with Crippen molar-refractivity contribution in [1.29, 1.82) is 5.26 Å². The van der Waals surface area contributed by atoms with Crippen LogP contribution in [-0.2, 0) is 4.79 Å². The second kappa shape index (κ2) is 7.10. The van der Waals surface area contributed by atoms with E-state index in [1.165, 1.54) is 0 Å². The van der Waals surface area contributed by atoms with E-state index in [4.69, 9.17) is 9.47 Å². The number of nitrogens with one attached hydrogen (secondary N) is 1. The van der Waals surface area contributed by atoms with Gasteiger partial charge in [0.05, 0.1) is 6.04 Å². The highest BCUT2D eigenvalue weighted by molar-refractivity contribution is 6.01. The first kappa shape index (κ1) is 16.6. The number of fused-ring (bicyclic) bond motifs is 1. The SMILES string of the molecule is Cc1ccc([C@H](C)NC(=O)/C(C#N)=C\c2ccc3c(c2)OCO3)cc1. The highest BCUT2D eigenvalue weighted by Crippen LogP contribution is 2.33. The minimum Gasteiger partial charge on any atom is -0.454 e. The van der Waals surface area contributed by atoms with Crippen LogP contribution in [0.3, 0.4) is 0 Å². The van der Waals surface area contributed by atoms with Gasteiger partial charge in [-0.3, -0.25) is 4.79 Å². The normalized spacial score (nSPS) is 13.9. The average molecular weight is 334 g/mol. The number of amides is 1. The van der Waals surface area contributed by atoms with E-state index in [2.05, 4.69) is 5.32 Å². The summed E-state index contributed by atoms with van der Waals surface area (Å²) in [6.45, 7) is 4.08. The minimum absolute atomic E-state index is 0.0397. The van der Waals surface area contributed by atoms with E-state index < -0.39 is 5.91 Å². The quantitative estimate of drug-likeness (QED) is 0.686. The number of nitriles is 1. The lowest BCUT2D eigenvalue weighted by Crippen LogP contribution is -2.27. The third kappa shape index (κ3) is 3.81. The summed E-state index contributed by atoms with van der Waals surface area (Å²) in [5.41, 5.74) is 2.89. The first-order valence-corrected chi connectivity index (χ1v) is 7.95. The largest absolute Gasteiger partial charge is 0.454 e. The van der Waals surface area contributed by atoms with E-state index in [0.717, 1.165) is 11.1 Å². The number of ether oxygens (including phenoxy) is 2. The lowest BCUT2D eigenvalue weighted by Gasteiger charge is -2.14. The van der Waals surface area contributed by atoms with Gasteiger partial charge >= 0.3 is 0 Å². The van der Waals surface area contributed by atoms with Crippen LogP contribution < -0.4 is 14.8 Å². The van der Waals surface area contributed by atoms with Gasteiger partial charge in [0, 0.05) is 0 Å². The van der Waals surface area contributed by atoms with Gasteiger partial charge in [-0.1, -0.05) is 35.9 Å². The molecule has 0 saturated heterocycles. The predicted molar refractivity (Wildman–Crippen MR) is 93.9 cm³/mol. The van der Waals surface area contributed by atoms with Gasteiger partial charge in [-0.2, -0.15) is 5.26 Å². The van der Waals surface area contributed by atoms with Gasteiger partial charge in [0.15, 0.2) is 11.5 Å². The highest BCUT2D eigenvalue weighted by Gasteiger charge is 2.16. The summed E-state index contributed by atoms with van der Waals surface area (Å²) in [6, 6.07) is 15.0. The molecule has 3 rings (SSSR count). The van der Waals surface area contributed by atoms with Crippen molar-refractivity contribution in [3.63, 3.8) is 0 Å². The van der Waals surface area contributed by atoms with Crippen LogP contribution in [0.2, 0.25) is 0 Å². The second-order valence-corrected chi connectivity index (χ2v) is 5.89. The molecule has 0 bridgehead atoms. The topological polar surface area (TPSA) is 71.4 Å². The number of nitrogens with zero attached hydrogens (tertiary/aromatic N) is 1. The van der Waals surface area contributed by atoms with Crippen molar-refractivity contribution < 1.29 is 14.3 Å². The number of hydrogen-bond donors (Lipinski definition) is 1. The molecule has 25 heavy (non-hydrogen) atoms. The summed E-state index contributed by atoms with van der Waals surface area (Å²) in [5.74, 6) is 0.862. The van der Waals surface area contributed by atoms with Crippen LogP contribution in [-0.4, -0.2) is 12.7 Å². The standard InChI is InChI=1S/C20H18N2O3/c1-13-3-6-16(7-4-13)14(2)22-20(23)17(11-21)9-15-5-8-18-19(10-15)25-12-24-18/h3-10,14H,12H2,1-2H3,(H,22,23)/b17-9-/t14-/m0/s1. The Balaban J connectivity index is 1.75. The van der Waals surface area contributed by atoms with Crippen LogP contribution in [0.25, 0.3) is 6.08 Å². The second-order valence-electron chi connectivity index (χ2n) is 5.89. The summed E-state index contributed by atoms with van der Waals surface area (Å²) in [7, 11) is 0. The van der Waals surface area contributed by atoms with Crippen molar-refractivity contribution in [3.8, 4) is 17.6 Å². The van der Waals surface area contributed by atoms with Crippen LogP contribution >= 0.6 is 0 Å². The zero-order valence-corrected chi connectivity index (χ0v) is 14.1. The molecule has 5 nitrogen and oxygen atoms in total. The van der Waals surface area contributed by atoms with Gasteiger partial charge < -0.3 is 14.8 Å². The van der Waals surface area contributed by atoms with Crippen LogP contribution in [0.15, 0.2) is 48.0 Å². The molecule has 1 aliphatic rings. The number of rotatable bonds is 4. The van der Waals surface area contributed by atoms with Crippen molar-refractivity contribution in [2.24, 2.45) is 0 Å². The van der Waals surface area contributed by atoms with Crippen molar-refractivity contribution >= 4 is 12.0 Å². The lowest BCUT2D eigenvalue weighted by molar-refractivity contribution is -0.117. The maximum Gasteiger partial charge on any atom is 0.262 e. The number of hydrogen-bond acceptors (Lipinski definition) is 4. The fourth-order valence-electron chi connectivity index (χ4n) is 2.53. The molecule has 126 valence electrons. The van der Waals surface area contributed by atoms with Crippen LogP contribution in [0.5, 0.6) is 11.5 Å². The molecule has 0 unspecified atom stereocenters. The molecule has 0 saturated carbocycles. The molecule has 5 heteroatoms. The van der Waals surface area contributed by atoms with E-state index in [9.17, 15) is 10.1 Å². The van der Waals surface area contributed by atoms with Crippen molar-refractivity contribution in [2.45, 2.75) is 19.9 Å². The Bertz CT molecular complexity index is 864. The van der Waals surface area contributed by atoms with Crippen molar-refractivity contribution in [3.05, 3.63) is 64.7 Å². The minimum atomic E-state index is -0.409. The van der Waals surface area contributed by atoms with Crippen LogP contribution in [0.1, 0.15) is 29.7 Å². The Morgan fingerprint density at radius 2 is 1.92 bits per heavy atom. The van der Waals surface area contributed by atoms with Gasteiger partial charge in [-0.25, -0.2) is 0 Å². The molecule has 0 spiro atoms. The highest BCUT2D eigenvalue weighted by atomic mass is 16.7. The number of carbonyl (C=O) groups excluding carboxylic acids is 1. The Labute approximate surface area is 146 Å². The number of aryl methyl sites for hydroxylation is 1. The Hall–Kier alpha value is -3.26. The molecule has 0 aromatic heterocycles. The molecular weight excluding hydrogens is 316 g/mol. The summed E-state index contributed by atoms with van der Waals surface area (Å²) < 4.78 is 10.6. The molecule has 0 fully saturated rings. The summed E-state index contributed by atoms with van der Waals surface area (Å²) in [4.78, 5) is 12.4. The smallest absolute Gasteiger partial charge is 0.262 e. The molecule has 0 radical (unpaired) electrons. The van der Waals surface area contributed by atoms with Crippen molar-refractivity contribution in [2.75, 3.05) is 6.79 Å². The van der Waals surface area contributed by atoms with E-state index in [-0.39, 0.29) is 18.4 Å². The summed E-state index contributed by atoms with van der Waals surface area (Å²) >= 11 is 0. The molecule has 1 heterocycles. The molecule has 2 aromatic carbocycles.